The van der Waals surface area contributed by atoms with Crippen LogP contribution in [0.15, 0.2) is 58.4 Å². The molecule has 9 nitrogen and oxygen atoms in total. The number of nitrogens with one attached hydrogen (secondary N) is 1. The number of carboxylic acids is 1. The third kappa shape index (κ3) is 4.69. The van der Waals surface area contributed by atoms with Gasteiger partial charge in [-0.2, -0.15) is 10.2 Å². The van der Waals surface area contributed by atoms with E-state index in [1.807, 2.05) is 6.92 Å². The van der Waals surface area contributed by atoms with E-state index in [2.05, 4.69) is 15.6 Å². The zero-order chi connectivity index (χ0) is 21.5. The third-order valence-corrected chi connectivity index (χ3v) is 4.16. The molecule has 3 rings (SSSR count). The lowest BCUT2D eigenvalue weighted by Crippen LogP contribution is -2.29. The first-order valence-electron chi connectivity index (χ1n) is 9.28. The molecule has 0 saturated heterocycles. The van der Waals surface area contributed by atoms with Gasteiger partial charge in [-0.1, -0.05) is 37.3 Å². The molecule has 0 aliphatic heterocycles. The molecule has 0 bridgehead atoms. The fourth-order valence-electron chi connectivity index (χ4n) is 2.84. The lowest BCUT2D eigenvalue weighted by Gasteiger charge is -2.09. The van der Waals surface area contributed by atoms with Crippen LogP contribution in [0.5, 0.6) is 5.75 Å². The van der Waals surface area contributed by atoms with Crippen LogP contribution in [0, 0.1) is 0 Å². The second-order valence-corrected chi connectivity index (χ2v) is 6.34. The van der Waals surface area contributed by atoms with Gasteiger partial charge < -0.3 is 9.84 Å². The zero-order valence-corrected chi connectivity index (χ0v) is 16.2. The summed E-state index contributed by atoms with van der Waals surface area (Å²) in [6, 6.07) is 13.5. The topological polar surface area (TPSA) is 123 Å². The minimum absolute atomic E-state index is 0.0891. The molecule has 0 unspecified atom stereocenters. The number of benzene rings is 2. The van der Waals surface area contributed by atoms with Crippen LogP contribution in [0.3, 0.4) is 0 Å². The molecule has 0 aliphatic carbocycles. The standard InChI is InChI=1S/C21H20N4O5/c1-2-11-25-21(29)16-9-5-4-8-15(16)19(24-25)20(28)23-22-12-14-7-3-6-10-17(14)30-13-18(26)27/h3-10,12H,2,11,13H2,1H3,(H,23,28)(H,26,27)/b22-12-. The number of rotatable bonds is 8. The minimum Gasteiger partial charge on any atom is -0.481 e. The summed E-state index contributed by atoms with van der Waals surface area (Å²) in [5, 5.41) is 17.7. The third-order valence-electron chi connectivity index (χ3n) is 4.16. The summed E-state index contributed by atoms with van der Waals surface area (Å²) in [5.74, 6) is -1.36. The van der Waals surface area contributed by atoms with Gasteiger partial charge in [0.2, 0.25) is 0 Å². The van der Waals surface area contributed by atoms with Crippen LogP contribution < -0.4 is 15.7 Å². The van der Waals surface area contributed by atoms with Gasteiger partial charge in [0, 0.05) is 17.5 Å². The molecule has 2 aromatic carbocycles. The number of hydrogen-bond acceptors (Lipinski definition) is 6. The van der Waals surface area contributed by atoms with Crippen molar-refractivity contribution in [2.24, 2.45) is 5.10 Å². The average molecular weight is 408 g/mol. The zero-order valence-electron chi connectivity index (χ0n) is 16.2. The largest absolute Gasteiger partial charge is 0.481 e. The lowest BCUT2D eigenvalue weighted by atomic mass is 10.1. The molecule has 0 aliphatic rings. The first-order chi connectivity index (χ1) is 14.5. The highest BCUT2D eigenvalue weighted by atomic mass is 16.5. The van der Waals surface area contributed by atoms with E-state index in [0.29, 0.717) is 35.1 Å². The second-order valence-electron chi connectivity index (χ2n) is 6.34. The van der Waals surface area contributed by atoms with Crippen LogP contribution in [0.4, 0.5) is 0 Å². The lowest BCUT2D eigenvalue weighted by molar-refractivity contribution is -0.139. The van der Waals surface area contributed by atoms with Gasteiger partial charge in [-0.05, 0) is 24.6 Å². The van der Waals surface area contributed by atoms with Crippen molar-refractivity contribution < 1.29 is 19.4 Å². The molecule has 0 fully saturated rings. The molecule has 1 heterocycles. The van der Waals surface area contributed by atoms with Crippen LogP contribution in [0.25, 0.3) is 10.8 Å². The summed E-state index contributed by atoms with van der Waals surface area (Å²) in [7, 11) is 0. The maximum atomic E-state index is 12.7. The Morgan fingerprint density at radius 3 is 2.60 bits per heavy atom. The normalized spacial score (nSPS) is 11.0. The number of carbonyl (C=O) groups is 2. The van der Waals surface area contributed by atoms with Gasteiger partial charge in [0.05, 0.1) is 11.6 Å². The van der Waals surface area contributed by atoms with Crippen LogP contribution in [0.2, 0.25) is 0 Å². The highest BCUT2D eigenvalue weighted by molar-refractivity contribution is 6.05. The van der Waals surface area contributed by atoms with E-state index < -0.39 is 18.5 Å². The Bertz CT molecular complexity index is 1170. The molecular formula is C21H20N4O5. The molecule has 0 atom stereocenters. The van der Waals surface area contributed by atoms with Gasteiger partial charge >= 0.3 is 5.97 Å². The summed E-state index contributed by atoms with van der Waals surface area (Å²) in [4.78, 5) is 35.9. The molecule has 0 saturated carbocycles. The Balaban J connectivity index is 1.85. The molecule has 0 spiro atoms. The summed E-state index contributed by atoms with van der Waals surface area (Å²) < 4.78 is 6.47. The molecule has 9 heteroatoms. The number of fused-ring (bicyclic) bond motifs is 1. The summed E-state index contributed by atoms with van der Waals surface area (Å²) in [5.41, 5.74) is 2.73. The molecule has 30 heavy (non-hydrogen) atoms. The average Bonchev–Trinajstić information content (AvgIpc) is 2.75. The van der Waals surface area contributed by atoms with E-state index in [9.17, 15) is 14.4 Å². The molecule has 154 valence electrons. The molecule has 1 amide bonds. The molecule has 0 radical (unpaired) electrons. The summed E-state index contributed by atoms with van der Waals surface area (Å²) in [6.45, 7) is 1.81. The number of nitrogens with zero attached hydrogens (tertiary/aromatic N) is 3. The first kappa shape index (κ1) is 20.7. The van der Waals surface area contributed by atoms with Crippen molar-refractivity contribution in [1.82, 2.24) is 15.2 Å². The first-order valence-corrected chi connectivity index (χ1v) is 9.28. The number of amides is 1. The van der Waals surface area contributed by atoms with Gasteiger partial charge in [0.25, 0.3) is 11.5 Å². The number of aryl methyl sites for hydroxylation is 1. The predicted molar refractivity (Wildman–Crippen MR) is 111 cm³/mol. The number of ether oxygens (including phenoxy) is 1. The van der Waals surface area contributed by atoms with Gasteiger partial charge in [-0.25, -0.2) is 14.9 Å². The molecule has 2 N–H and O–H groups in total. The minimum atomic E-state index is -1.10. The van der Waals surface area contributed by atoms with Crippen LogP contribution in [-0.2, 0) is 11.3 Å². The van der Waals surface area contributed by atoms with E-state index >= 15 is 0 Å². The van der Waals surface area contributed by atoms with Crippen molar-refractivity contribution in [2.75, 3.05) is 6.61 Å². The molecule has 3 aromatic rings. The smallest absolute Gasteiger partial charge is 0.341 e. The number of aromatic nitrogens is 2. The number of carbonyl (C=O) groups excluding carboxylic acids is 1. The number of carboxylic acid groups (broad SMARTS) is 1. The predicted octanol–water partition coefficient (Wildman–Crippen LogP) is 2.03. The number of hydrazone groups is 1. The van der Waals surface area contributed by atoms with Crippen LogP contribution >= 0.6 is 0 Å². The Labute approximate surface area is 171 Å². The van der Waals surface area contributed by atoms with Crippen molar-refractivity contribution in [3.63, 3.8) is 0 Å². The van der Waals surface area contributed by atoms with Crippen molar-refractivity contribution >= 4 is 28.9 Å². The SMILES string of the molecule is CCCn1nc(C(=O)N/N=C\c2ccccc2OCC(=O)O)c2ccccc2c1=O. The van der Waals surface area contributed by atoms with Crippen molar-refractivity contribution in [3.05, 3.63) is 70.1 Å². The van der Waals surface area contributed by atoms with Gasteiger partial charge in [-0.3, -0.25) is 9.59 Å². The van der Waals surface area contributed by atoms with E-state index in [-0.39, 0.29) is 11.3 Å². The van der Waals surface area contributed by atoms with Gasteiger partial charge in [-0.15, -0.1) is 0 Å². The van der Waals surface area contributed by atoms with Crippen molar-refractivity contribution in [3.8, 4) is 5.75 Å². The van der Waals surface area contributed by atoms with Crippen molar-refractivity contribution in [1.29, 1.82) is 0 Å². The maximum Gasteiger partial charge on any atom is 0.341 e. The monoisotopic (exact) mass is 408 g/mol. The quantitative estimate of drug-likeness (QED) is 0.434. The Kier molecular flexibility index (Phi) is 6.53. The summed E-state index contributed by atoms with van der Waals surface area (Å²) in [6.07, 6.45) is 2.04. The van der Waals surface area contributed by atoms with Crippen LogP contribution in [0.1, 0.15) is 29.4 Å². The summed E-state index contributed by atoms with van der Waals surface area (Å²) >= 11 is 0. The van der Waals surface area contributed by atoms with E-state index in [1.54, 1.807) is 48.5 Å². The van der Waals surface area contributed by atoms with E-state index in [0.717, 1.165) is 0 Å². The fraction of sp³-hybridized carbons (Fsp3) is 0.190. The van der Waals surface area contributed by atoms with Crippen LogP contribution in [-0.4, -0.2) is 39.6 Å². The molecule has 1 aromatic heterocycles. The Morgan fingerprint density at radius 2 is 1.87 bits per heavy atom. The van der Waals surface area contributed by atoms with Gasteiger partial charge in [0.15, 0.2) is 12.3 Å². The number of para-hydroxylation sites is 1. The molecular weight excluding hydrogens is 388 g/mol. The Hall–Kier alpha value is -4.01. The fourth-order valence-corrected chi connectivity index (χ4v) is 2.84. The van der Waals surface area contributed by atoms with Gasteiger partial charge in [0.1, 0.15) is 5.75 Å². The Morgan fingerprint density at radius 1 is 1.17 bits per heavy atom. The number of aliphatic carboxylic acids is 1. The number of hydrogen-bond donors (Lipinski definition) is 2. The second kappa shape index (κ2) is 9.46. The highest BCUT2D eigenvalue weighted by Crippen LogP contribution is 2.16. The highest BCUT2D eigenvalue weighted by Gasteiger charge is 2.16. The van der Waals surface area contributed by atoms with E-state index in [1.165, 1.54) is 10.9 Å². The van der Waals surface area contributed by atoms with Crippen molar-refractivity contribution in [2.45, 2.75) is 19.9 Å². The maximum absolute atomic E-state index is 12.7. The van der Waals surface area contributed by atoms with E-state index in [4.69, 9.17) is 9.84 Å².